The molecule has 0 spiro atoms. The molecule has 1 amide bonds. The molecule has 0 aromatic carbocycles. The zero-order valence-electron chi connectivity index (χ0n) is 13.6. The summed E-state index contributed by atoms with van der Waals surface area (Å²) < 4.78 is 18.5. The van der Waals surface area contributed by atoms with Crippen molar-refractivity contribution >= 4 is 11.9 Å². The van der Waals surface area contributed by atoms with Crippen LogP contribution in [0, 0.1) is 5.95 Å². The highest BCUT2D eigenvalue weighted by atomic mass is 19.1. The summed E-state index contributed by atoms with van der Waals surface area (Å²) in [6.45, 7) is 8.29. The molecule has 0 bridgehead atoms. The average molecular weight is 309 g/mol. The summed E-state index contributed by atoms with van der Waals surface area (Å²) in [6.07, 6.45) is 1.17. The van der Waals surface area contributed by atoms with Gasteiger partial charge in [0.15, 0.2) is 0 Å². The number of aromatic nitrogens is 1. The van der Waals surface area contributed by atoms with E-state index in [2.05, 4.69) is 22.1 Å². The van der Waals surface area contributed by atoms with Crippen molar-refractivity contribution < 1.29 is 13.9 Å². The van der Waals surface area contributed by atoms with E-state index >= 15 is 0 Å². The lowest BCUT2D eigenvalue weighted by molar-refractivity contribution is 0.0494. The molecule has 0 aliphatic carbocycles. The number of hydrogen-bond acceptors (Lipinski definition) is 4. The Balaban J connectivity index is 1.91. The minimum atomic E-state index is -0.498. The maximum atomic E-state index is 13.2. The molecule has 1 aromatic rings. The standard InChI is InChI=1S/C16H24FN3O2/c1-11-10-12(18-15(21)22-16(2,3)4)8-9-20(11)14-7-5-6-13(17)19-14/h5-7,11-12H,8-10H2,1-4H3,(H,18,21). The highest BCUT2D eigenvalue weighted by Gasteiger charge is 2.28. The minimum Gasteiger partial charge on any atom is -0.444 e. The summed E-state index contributed by atoms with van der Waals surface area (Å²) in [7, 11) is 0. The average Bonchev–Trinajstić information content (AvgIpc) is 2.36. The Hall–Kier alpha value is -1.85. The predicted octanol–water partition coefficient (Wildman–Crippen LogP) is 3.10. The maximum Gasteiger partial charge on any atom is 0.407 e. The number of piperidine rings is 1. The Morgan fingerprint density at radius 1 is 1.45 bits per heavy atom. The normalized spacial score (nSPS) is 22.3. The number of rotatable bonds is 2. The molecule has 1 aliphatic rings. The summed E-state index contributed by atoms with van der Waals surface area (Å²) >= 11 is 0. The smallest absolute Gasteiger partial charge is 0.407 e. The molecule has 22 heavy (non-hydrogen) atoms. The van der Waals surface area contributed by atoms with Crippen LogP contribution in [0.25, 0.3) is 0 Å². The second-order valence-electron chi connectivity index (χ2n) is 6.73. The van der Waals surface area contributed by atoms with Gasteiger partial charge >= 0.3 is 6.09 Å². The van der Waals surface area contributed by atoms with E-state index in [-0.39, 0.29) is 18.2 Å². The van der Waals surface area contributed by atoms with Crippen LogP contribution in [0.5, 0.6) is 0 Å². The van der Waals surface area contributed by atoms with E-state index in [0.717, 1.165) is 19.4 Å². The SMILES string of the molecule is CC1CC(NC(=O)OC(C)(C)C)CCN1c1cccc(F)n1. The quantitative estimate of drug-likeness (QED) is 0.853. The van der Waals surface area contributed by atoms with Gasteiger partial charge in [0.2, 0.25) is 5.95 Å². The number of nitrogens with one attached hydrogen (secondary N) is 1. The van der Waals surface area contributed by atoms with Gasteiger partial charge in [-0.3, -0.25) is 0 Å². The molecule has 1 N–H and O–H groups in total. The topological polar surface area (TPSA) is 54.5 Å². The summed E-state index contributed by atoms with van der Waals surface area (Å²) in [5.41, 5.74) is -0.498. The lowest BCUT2D eigenvalue weighted by Gasteiger charge is -2.38. The predicted molar refractivity (Wildman–Crippen MR) is 83.4 cm³/mol. The molecule has 0 saturated carbocycles. The third-order valence-electron chi connectivity index (χ3n) is 3.59. The van der Waals surface area contributed by atoms with E-state index in [0.29, 0.717) is 5.82 Å². The first kappa shape index (κ1) is 16.5. The summed E-state index contributed by atoms with van der Waals surface area (Å²) in [5.74, 6) is 0.168. The number of pyridine rings is 1. The fourth-order valence-corrected chi connectivity index (χ4v) is 2.68. The van der Waals surface area contributed by atoms with Crippen molar-refractivity contribution in [3.05, 3.63) is 24.1 Å². The van der Waals surface area contributed by atoms with E-state index in [1.165, 1.54) is 6.07 Å². The maximum absolute atomic E-state index is 13.2. The van der Waals surface area contributed by atoms with Crippen LogP contribution in [-0.4, -0.2) is 35.3 Å². The molecular weight excluding hydrogens is 285 g/mol. The van der Waals surface area contributed by atoms with Crippen LogP contribution in [0.2, 0.25) is 0 Å². The molecule has 2 atom stereocenters. The van der Waals surface area contributed by atoms with Crippen LogP contribution in [0.15, 0.2) is 18.2 Å². The van der Waals surface area contributed by atoms with E-state index in [1.54, 1.807) is 12.1 Å². The summed E-state index contributed by atoms with van der Waals surface area (Å²) in [6, 6.07) is 5.04. The molecule has 2 heterocycles. The van der Waals surface area contributed by atoms with Gasteiger partial charge in [0.05, 0.1) is 0 Å². The molecular formula is C16H24FN3O2. The highest BCUT2D eigenvalue weighted by molar-refractivity contribution is 5.68. The Morgan fingerprint density at radius 2 is 2.18 bits per heavy atom. The van der Waals surface area contributed by atoms with E-state index < -0.39 is 11.5 Å². The first-order valence-electron chi connectivity index (χ1n) is 7.63. The molecule has 1 aromatic heterocycles. The molecule has 0 radical (unpaired) electrons. The molecule has 1 fully saturated rings. The molecule has 2 unspecified atom stereocenters. The number of nitrogens with zero attached hydrogens (tertiary/aromatic N) is 2. The third-order valence-corrected chi connectivity index (χ3v) is 3.59. The molecule has 2 rings (SSSR count). The number of alkyl carbamates (subject to hydrolysis) is 1. The van der Waals surface area contributed by atoms with Crippen LogP contribution >= 0.6 is 0 Å². The summed E-state index contributed by atoms with van der Waals surface area (Å²) in [5, 5.41) is 2.91. The second-order valence-corrected chi connectivity index (χ2v) is 6.73. The van der Waals surface area contributed by atoms with Crippen molar-refractivity contribution in [1.82, 2.24) is 10.3 Å². The van der Waals surface area contributed by atoms with Crippen LogP contribution in [0.1, 0.15) is 40.5 Å². The van der Waals surface area contributed by atoms with Gasteiger partial charge in [-0.2, -0.15) is 4.39 Å². The number of ether oxygens (including phenoxy) is 1. The van der Waals surface area contributed by atoms with Crippen LogP contribution in [0.4, 0.5) is 15.0 Å². The second kappa shape index (κ2) is 6.50. The Morgan fingerprint density at radius 3 is 2.77 bits per heavy atom. The zero-order chi connectivity index (χ0) is 16.3. The van der Waals surface area contributed by atoms with Crippen molar-refractivity contribution in [2.24, 2.45) is 0 Å². The van der Waals surface area contributed by atoms with Gasteiger partial charge in [-0.1, -0.05) is 6.07 Å². The molecule has 122 valence electrons. The lowest BCUT2D eigenvalue weighted by Crippen LogP contribution is -2.50. The lowest BCUT2D eigenvalue weighted by atomic mass is 9.98. The highest BCUT2D eigenvalue weighted by Crippen LogP contribution is 2.23. The summed E-state index contributed by atoms with van der Waals surface area (Å²) in [4.78, 5) is 17.8. The Bertz CT molecular complexity index is 530. The van der Waals surface area contributed by atoms with E-state index in [1.807, 2.05) is 20.8 Å². The van der Waals surface area contributed by atoms with Crippen LogP contribution in [-0.2, 0) is 4.74 Å². The van der Waals surface area contributed by atoms with Gasteiger partial charge < -0.3 is 15.0 Å². The first-order chi connectivity index (χ1) is 10.2. The number of hydrogen-bond donors (Lipinski definition) is 1. The fraction of sp³-hybridized carbons (Fsp3) is 0.625. The van der Waals surface area contributed by atoms with Crippen LogP contribution < -0.4 is 10.2 Å². The van der Waals surface area contributed by atoms with Gasteiger partial charge in [-0.15, -0.1) is 0 Å². The Kier molecular flexibility index (Phi) is 4.88. The monoisotopic (exact) mass is 309 g/mol. The van der Waals surface area contributed by atoms with Gasteiger partial charge in [-0.25, -0.2) is 9.78 Å². The van der Waals surface area contributed by atoms with Gasteiger partial charge in [0.1, 0.15) is 11.4 Å². The van der Waals surface area contributed by atoms with Crippen molar-refractivity contribution in [1.29, 1.82) is 0 Å². The number of amides is 1. The number of carbonyl (C=O) groups is 1. The first-order valence-corrected chi connectivity index (χ1v) is 7.63. The largest absolute Gasteiger partial charge is 0.444 e. The molecule has 5 nitrogen and oxygen atoms in total. The fourth-order valence-electron chi connectivity index (χ4n) is 2.68. The van der Waals surface area contributed by atoms with Crippen molar-refractivity contribution in [2.45, 2.75) is 58.2 Å². The minimum absolute atomic E-state index is 0.0645. The third kappa shape index (κ3) is 4.58. The molecule has 1 saturated heterocycles. The molecule has 6 heteroatoms. The van der Waals surface area contributed by atoms with E-state index in [4.69, 9.17) is 4.74 Å². The van der Waals surface area contributed by atoms with Gasteiger partial charge in [0, 0.05) is 18.6 Å². The van der Waals surface area contributed by atoms with Gasteiger partial charge in [0.25, 0.3) is 0 Å². The van der Waals surface area contributed by atoms with Crippen molar-refractivity contribution in [3.63, 3.8) is 0 Å². The number of carbonyl (C=O) groups excluding carboxylic acids is 1. The van der Waals surface area contributed by atoms with Gasteiger partial charge in [-0.05, 0) is 52.7 Å². The Labute approximate surface area is 130 Å². The van der Waals surface area contributed by atoms with Crippen molar-refractivity contribution in [3.8, 4) is 0 Å². The number of halogens is 1. The van der Waals surface area contributed by atoms with E-state index in [9.17, 15) is 9.18 Å². The zero-order valence-corrected chi connectivity index (χ0v) is 13.6. The van der Waals surface area contributed by atoms with Crippen LogP contribution in [0.3, 0.4) is 0 Å². The van der Waals surface area contributed by atoms with Crippen molar-refractivity contribution in [2.75, 3.05) is 11.4 Å². The molecule has 1 aliphatic heterocycles. The number of anilines is 1.